The van der Waals surface area contributed by atoms with Gasteiger partial charge in [0.2, 0.25) is 5.91 Å². The zero-order valence-corrected chi connectivity index (χ0v) is 11.5. The zero-order valence-electron chi connectivity index (χ0n) is 11.5. The molecule has 21 heavy (non-hydrogen) atoms. The van der Waals surface area contributed by atoms with Crippen LogP contribution in [0, 0.1) is 5.82 Å². The van der Waals surface area contributed by atoms with Crippen LogP contribution in [0.15, 0.2) is 18.2 Å². The van der Waals surface area contributed by atoms with Gasteiger partial charge in [-0.2, -0.15) is 0 Å². The highest BCUT2D eigenvalue weighted by Gasteiger charge is 2.17. The van der Waals surface area contributed by atoms with E-state index < -0.39 is 17.5 Å². The fraction of sp³-hybridized carbons (Fsp3) is 0.429. The van der Waals surface area contributed by atoms with Crippen LogP contribution in [0.5, 0.6) is 5.75 Å². The van der Waals surface area contributed by atoms with E-state index in [9.17, 15) is 19.1 Å². The van der Waals surface area contributed by atoms with Crippen molar-refractivity contribution in [2.45, 2.75) is 6.42 Å². The van der Waals surface area contributed by atoms with Crippen LogP contribution in [-0.2, 0) is 9.53 Å². The lowest BCUT2D eigenvalue weighted by atomic mass is 10.2. The standard InChI is InChI=1S/C14H17FN2O4/c15-10-1-2-11(12(18)9-10)14(20)16-4-3-13(19)17-5-7-21-8-6-17/h1-2,9,18H,3-8H2,(H,16,20). The molecule has 114 valence electrons. The minimum absolute atomic E-state index is 0.0183. The average Bonchev–Trinajstić information content (AvgIpc) is 2.47. The molecule has 1 fully saturated rings. The molecule has 1 aromatic rings. The van der Waals surface area contributed by atoms with Gasteiger partial charge in [0.15, 0.2) is 0 Å². The first-order valence-corrected chi connectivity index (χ1v) is 6.70. The highest BCUT2D eigenvalue weighted by Crippen LogP contribution is 2.17. The van der Waals surface area contributed by atoms with E-state index in [2.05, 4.69) is 5.32 Å². The van der Waals surface area contributed by atoms with Gasteiger partial charge < -0.3 is 20.1 Å². The molecule has 0 spiro atoms. The number of nitrogens with zero attached hydrogens (tertiary/aromatic N) is 1. The number of rotatable bonds is 4. The number of ether oxygens (including phenoxy) is 1. The quantitative estimate of drug-likeness (QED) is 0.848. The Balaban J connectivity index is 1.79. The summed E-state index contributed by atoms with van der Waals surface area (Å²) < 4.78 is 18.0. The van der Waals surface area contributed by atoms with Crippen LogP contribution in [0.25, 0.3) is 0 Å². The largest absolute Gasteiger partial charge is 0.507 e. The second kappa shape index (κ2) is 7.03. The number of hydrogen-bond acceptors (Lipinski definition) is 4. The van der Waals surface area contributed by atoms with E-state index in [1.165, 1.54) is 6.07 Å². The molecule has 7 heteroatoms. The van der Waals surface area contributed by atoms with Crippen molar-refractivity contribution in [3.8, 4) is 5.75 Å². The Morgan fingerprint density at radius 2 is 2.05 bits per heavy atom. The number of halogens is 1. The number of phenols is 1. The van der Waals surface area contributed by atoms with E-state index in [0.29, 0.717) is 26.3 Å². The maximum Gasteiger partial charge on any atom is 0.255 e. The Morgan fingerprint density at radius 3 is 2.71 bits per heavy atom. The summed E-state index contributed by atoms with van der Waals surface area (Å²) in [6.07, 6.45) is 0.174. The Hall–Kier alpha value is -2.15. The van der Waals surface area contributed by atoms with Gasteiger partial charge in [-0.3, -0.25) is 9.59 Å². The maximum absolute atomic E-state index is 12.8. The Bertz CT molecular complexity index is 530. The van der Waals surface area contributed by atoms with E-state index in [4.69, 9.17) is 4.74 Å². The van der Waals surface area contributed by atoms with E-state index in [1.807, 2.05) is 0 Å². The molecule has 0 aromatic heterocycles. The third kappa shape index (κ3) is 4.16. The summed E-state index contributed by atoms with van der Waals surface area (Å²) >= 11 is 0. The van der Waals surface area contributed by atoms with E-state index >= 15 is 0 Å². The normalized spacial score (nSPS) is 14.8. The second-order valence-electron chi connectivity index (χ2n) is 4.66. The Morgan fingerprint density at radius 1 is 1.33 bits per heavy atom. The predicted molar refractivity (Wildman–Crippen MR) is 72.4 cm³/mol. The van der Waals surface area contributed by atoms with Gasteiger partial charge in [0.05, 0.1) is 18.8 Å². The number of nitrogens with one attached hydrogen (secondary N) is 1. The summed E-state index contributed by atoms with van der Waals surface area (Å²) in [4.78, 5) is 25.3. The first-order chi connectivity index (χ1) is 10.1. The third-order valence-electron chi connectivity index (χ3n) is 3.19. The molecule has 1 heterocycles. The van der Waals surface area contributed by atoms with Crippen LogP contribution in [0.4, 0.5) is 4.39 Å². The van der Waals surface area contributed by atoms with E-state index in [0.717, 1.165) is 12.1 Å². The number of aromatic hydroxyl groups is 1. The van der Waals surface area contributed by atoms with Crippen LogP contribution in [0.3, 0.4) is 0 Å². The van der Waals surface area contributed by atoms with Crippen LogP contribution in [0.2, 0.25) is 0 Å². The van der Waals surface area contributed by atoms with Crippen LogP contribution < -0.4 is 5.32 Å². The number of amides is 2. The summed E-state index contributed by atoms with van der Waals surface area (Å²) in [7, 11) is 0. The molecule has 1 saturated heterocycles. The van der Waals surface area contributed by atoms with Crippen molar-refractivity contribution in [1.82, 2.24) is 10.2 Å². The minimum atomic E-state index is -0.619. The Kier molecular flexibility index (Phi) is 5.10. The monoisotopic (exact) mass is 296 g/mol. The topological polar surface area (TPSA) is 78.9 Å². The van der Waals surface area contributed by atoms with Gasteiger partial charge in [0, 0.05) is 32.1 Å². The van der Waals surface area contributed by atoms with Crippen molar-refractivity contribution in [2.24, 2.45) is 0 Å². The van der Waals surface area contributed by atoms with Crippen molar-refractivity contribution in [3.05, 3.63) is 29.6 Å². The summed E-state index contributed by atoms with van der Waals surface area (Å²) in [6.45, 7) is 2.34. The third-order valence-corrected chi connectivity index (χ3v) is 3.19. The van der Waals surface area contributed by atoms with Gasteiger partial charge in [0.25, 0.3) is 5.91 Å². The highest BCUT2D eigenvalue weighted by molar-refractivity contribution is 5.96. The van der Waals surface area contributed by atoms with Crippen molar-refractivity contribution in [3.63, 3.8) is 0 Å². The van der Waals surface area contributed by atoms with Crippen LogP contribution in [-0.4, -0.2) is 54.7 Å². The summed E-state index contributed by atoms with van der Waals surface area (Å²) in [5, 5.41) is 12.0. The molecule has 0 bridgehead atoms. The predicted octanol–water partition coefficient (Wildman–Crippen LogP) is 0.510. The molecule has 1 aromatic carbocycles. The SMILES string of the molecule is O=C(NCCC(=O)N1CCOCC1)c1ccc(F)cc1O. The molecule has 2 amide bonds. The first kappa shape index (κ1) is 15.2. The number of carbonyl (C=O) groups excluding carboxylic acids is 2. The Labute approximate surface area is 121 Å². The van der Waals surface area contributed by atoms with Crippen LogP contribution >= 0.6 is 0 Å². The molecular weight excluding hydrogens is 279 g/mol. The van der Waals surface area contributed by atoms with Crippen molar-refractivity contribution >= 4 is 11.8 Å². The fourth-order valence-corrected chi connectivity index (χ4v) is 2.05. The highest BCUT2D eigenvalue weighted by atomic mass is 19.1. The van der Waals surface area contributed by atoms with Gasteiger partial charge in [0.1, 0.15) is 11.6 Å². The summed E-state index contributed by atoms with van der Waals surface area (Å²) in [5.74, 6) is -1.64. The van der Waals surface area contributed by atoms with Crippen molar-refractivity contribution in [2.75, 3.05) is 32.8 Å². The van der Waals surface area contributed by atoms with Gasteiger partial charge in [-0.15, -0.1) is 0 Å². The lowest BCUT2D eigenvalue weighted by Crippen LogP contribution is -2.42. The smallest absolute Gasteiger partial charge is 0.255 e. The van der Waals surface area contributed by atoms with Gasteiger partial charge in [-0.1, -0.05) is 0 Å². The molecular formula is C14H17FN2O4. The minimum Gasteiger partial charge on any atom is -0.507 e. The molecule has 1 aliphatic rings. The zero-order chi connectivity index (χ0) is 15.2. The second-order valence-corrected chi connectivity index (χ2v) is 4.66. The number of benzene rings is 1. The molecule has 0 saturated carbocycles. The molecule has 6 nitrogen and oxygen atoms in total. The first-order valence-electron chi connectivity index (χ1n) is 6.70. The number of morpholine rings is 1. The lowest BCUT2D eigenvalue weighted by Gasteiger charge is -2.26. The molecule has 0 unspecified atom stereocenters. The summed E-state index contributed by atoms with van der Waals surface area (Å²) in [6, 6.07) is 3.16. The number of phenolic OH excluding ortho intramolecular Hbond substituents is 1. The molecule has 0 radical (unpaired) electrons. The maximum atomic E-state index is 12.8. The van der Waals surface area contributed by atoms with Crippen molar-refractivity contribution in [1.29, 1.82) is 0 Å². The van der Waals surface area contributed by atoms with Gasteiger partial charge >= 0.3 is 0 Å². The van der Waals surface area contributed by atoms with Crippen LogP contribution in [0.1, 0.15) is 16.8 Å². The van der Waals surface area contributed by atoms with E-state index in [1.54, 1.807) is 4.90 Å². The van der Waals surface area contributed by atoms with Crippen molar-refractivity contribution < 1.29 is 23.8 Å². The summed E-state index contributed by atoms with van der Waals surface area (Å²) in [5.41, 5.74) is -0.0183. The average molecular weight is 296 g/mol. The lowest BCUT2D eigenvalue weighted by molar-refractivity contribution is -0.135. The number of carbonyl (C=O) groups is 2. The molecule has 1 aliphatic heterocycles. The molecule has 0 aliphatic carbocycles. The number of hydrogen-bond donors (Lipinski definition) is 2. The van der Waals surface area contributed by atoms with Gasteiger partial charge in [-0.25, -0.2) is 4.39 Å². The van der Waals surface area contributed by atoms with E-state index in [-0.39, 0.29) is 24.4 Å². The molecule has 0 atom stereocenters. The molecule has 2 rings (SSSR count). The molecule has 2 N–H and O–H groups in total. The fourth-order valence-electron chi connectivity index (χ4n) is 2.05. The van der Waals surface area contributed by atoms with Gasteiger partial charge in [-0.05, 0) is 12.1 Å².